The highest BCUT2D eigenvalue weighted by atomic mass is 16.5. The van der Waals surface area contributed by atoms with Gasteiger partial charge in [0.05, 0.1) is 7.11 Å². The van der Waals surface area contributed by atoms with E-state index in [0.717, 1.165) is 24.2 Å². The van der Waals surface area contributed by atoms with E-state index in [1.165, 1.54) is 0 Å². The van der Waals surface area contributed by atoms with Crippen LogP contribution in [0.1, 0.15) is 24.8 Å². The Morgan fingerprint density at radius 3 is 2.53 bits per heavy atom. The number of carbonyl (C=O) groups excluding carboxylic acids is 1. The number of esters is 1. The van der Waals surface area contributed by atoms with Gasteiger partial charge in [-0.1, -0.05) is 18.6 Å². The van der Waals surface area contributed by atoms with Gasteiger partial charge in [0.1, 0.15) is 18.4 Å². The first kappa shape index (κ1) is 15.5. The van der Waals surface area contributed by atoms with E-state index in [9.17, 15) is 4.79 Å². The van der Waals surface area contributed by atoms with Gasteiger partial charge in [0.25, 0.3) is 0 Å². The van der Waals surface area contributed by atoms with Gasteiger partial charge in [0, 0.05) is 0 Å². The Kier molecular flexibility index (Phi) is 6.92. The molecule has 0 aliphatic heterocycles. The van der Waals surface area contributed by atoms with E-state index in [-0.39, 0.29) is 12.6 Å². The highest BCUT2D eigenvalue weighted by molar-refractivity contribution is 5.75. The molecule has 106 valence electrons. The van der Waals surface area contributed by atoms with Crippen molar-refractivity contribution in [2.75, 3.05) is 13.7 Å². The number of nitrogens with two attached hydrogens (primary N) is 2. The SMILES string of the molecule is COc1ccc(COC(=O)[C@@H](N)CCCCN)cc1. The maximum absolute atomic E-state index is 11.6. The third-order valence-electron chi connectivity index (χ3n) is 2.81. The molecule has 0 bridgehead atoms. The lowest BCUT2D eigenvalue weighted by Crippen LogP contribution is -2.32. The summed E-state index contributed by atoms with van der Waals surface area (Å²) in [5, 5.41) is 0. The molecule has 0 spiro atoms. The Morgan fingerprint density at radius 2 is 1.95 bits per heavy atom. The molecule has 0 aliphatic rings. The predicted molar refractivity (Wildman–Crippen MR) is 73.7 cm³/mol. The van der Waals surface area contributed by atoms with Crippen LogP contribution in [0.15, 0.2) is 24.3 Å². The zero-order valence-electron chi connectivity index (χ0n) is 11.3. The molecule has 1 rings (SSSR count). The largest absolute Gasteiger partial charge is 0.497 e. The van der Waals surface area contributed by atoms with Crippen molar-refractivity contribution in [3.63, 3.8) is 0 Å². The summed E-state index contributed by atoms with van der Waals surface area (Å²) < 4.78 is 10.2. The second kappa shape index (κ2) is 8.50. The topological polar surface area (TPSA) is 87.6 Å². The monoisotopic (exact) mass is 266 g/mol. The number of hydrogen-bond acceptors (Lipinski definition) is 5. The summed E-state index contributed by atoms with van der Waals surface area (Å²) in [4.78, 5) is 11.6. The maximum atomic E-state index is 11.6. The molecule has 1 atom stereocenters. The summed E-state index contributed by atoms with van der Waals surface area (Å²) in [6.07, 6.45) is 2.33. The van der Waals surface area contributed by atoms with Gasteiger partial charge in [-0.2, -0.15) is 0 Å². The average molecular weight is 266 g/mol. The van der Waals surface area contributed by atoms with Crippen LogP contribution >= 0.6 is 0 Å². The van der Waals surface area contributed by atoms with Gasteiger partial charge in [-0.15, -0.1) is 0 Å². The molecule has 4 N–H and O–H groups in total. The van der Waals surface area contributed by atoms with Crippen LogP contribution in [0.5, 0.6) is 5.75 Å². The third-order valence-corrected chi connectivity index (χ3v) is 2.81. The minimum atomic E-state index is -0.565. The molecule has 0 amide bonds. The van der Waals surface area contributed by atoms with E-state index in [1.807, 2.05) is 24.3 Å². The molecule has 5 nitrogen and oxygen atoms in total. The van der Waals surface area contributed by atoms with E-state index in [4.69, 9.17) is 20.9 Å². The van der Waals surface area contributed by atoms with Crippen LogP contribution in [0.4, 0.5) is 0 Å². The van der Waals surface area contributed by atoms with Crippen molar-refractivity contribution in [2.45, 2.75) is 31.9 Å². The van der Waals surface area contributed by atoms with Crippen LogP contribution < -0.4 is 16.2 Å². The molecule has 1 aromatic carbocycles. The van der Waals surface area contributed by atoms with Gasteiger partial charge in [0.15, 0.2) is 0 Å². The van der Waals surface area contributed by atoms with Crippen molar-refractivity contribution in [1.82, 2.24) is 0 Å². The lowest BCUT2D eigenvalue weighted by molar-refractivity contribution is -0.146. The molecule has 1 aromatic rings. The molecular formula is C14H22N2O3. The summed E-state index contributed by atoms with van der Waals surface area (Å²) >= 11 is 0. The predicted octanol–water partition coefficient (Wildman–Crippen LogP) is 1.19. The number of rotatable bonds is 8. The first-order chi connectivity index (χ1) is 9.17. The van der Waals surface area contributed by atoms with Crippen LogP contribution in [-0.2, 0) is 16.1 Å². The van der Waals surface area contributed by atoms with E-state index >= 15 is 0 Å². The summed E-state index contributed by atoms with van der Waals surface area (Å²) in [7, 11) is 1.61. The number of unbranched alkanes of at least 4 members (excludes halogenated alkanes) is 1. The number of methoxy groups -OCH3 is 1. The molecule has 5 heteroatoms. The van der Waals surface area contributed by atoms with Crippen LogP contribution in [0.2, 0.25) is 0 Å². The summed E-state index contributed by atoms with van der Waals surface area (Å²) in [6.45, 7) is 0.848. The van der Waals surface area contributed by atoms with E-state index < -0.39 is 6.04 Å². The van der Waals surface area contributed by atoms with E-state index in [0.29, 0.717) is 13.0 Å². The standard InChI is InChI=1S/C14H22N2O3/c1-18-12-7-5-11(6-8-12)10-19-14(17)13(16)4-2-3-9-15/h5-8,13H,2-4,9-10,15-16H2,1H3/t13-/m0/s1. The maximum Gasteiger partial charge on any atom is 0.323 e. The summed E-state index contributed by atoms with van der Waals surface area (Å²) in [5.74, 6) is 0.404. The van der Waals surface area contributed by atoms with E-state index in [2.05, 4.69) is 0 Å². The highest BCUT2D eigenvalue weighted by Crippen LogP contribution is 2.12. The quantitative estimate of drug-likeness (QED) is 0.545. The summed E-state index contributed by atoms with van der Waals surface area (Å²) in [6, 6.07) is 6.79. The third kappa shape index (κ3) is 5.72. The Hall–Kier alpha value is -1.59. The number of hydrogen-bond donors (Lipinski definition) is 2. The van der Waals surface area contributed by atoms with Gasteiger partial charge < -0.3 is 20.9 Å². The second-order valence-electron chi connectivity index (χ2n) is 4.35. The number of benzene rings is 1. The molecule has 0 heterocycles. The van der Waals surface area contributed by atoms with Crippen molar-refractivity contribution in [3.05, 3.63) is 29.8 Å². The van der Waals surface area contributed by atoms with Crippen LogP contribution in [0.25, 0.3) is 0 Å². The summed E-state index contributed by atoms with van der Waals surface area (Å²) in [5.41, 5.74) is 12.0. The van der Waals surface area contributed by atoms with Crippen molar-refractivity contribution in [2.24, 2.45) is 11.5 Å². The minimum Gasteiger partial charge on any atom is -0.497 e. The molecule has 19 heavy (non-hydrogen) atoms. The minimum absolute atomic E-state index is 0.230. The van der Waals surface area contributed by atoms with Crippen LogP contribution in [0.3, 0.4) is 0 Å². The van der Waals surface area contributed by atoms with Gasteiger partial charge >= 0.3 is 5.97 Å². The zero-order valence-corrected chi connectivity index (χ0v) is 11.3. The Balaban J connectivity index is 2.32. The highest BCUT2D eigenvalue weighted by Gasteiger charge is 2.14. The van der Waals surface area contributed by atoms with Gasteiger partial charge in [-0.3, -0.25) is 4.79 Å². The molecule has 0 saturated heterocycles. The number of carbonyl (C=O) groups is 1. The molecular weight excluding hydrogens is 244 g/mol. The second-order valence-corrected chi connectivity index (χ2v) is 4.35. The molecule has 0 radical (unpaired) electrons. The van der Waals surface area contributed by atoms with Crippen molar-refractivity contribution >= 4 is 5.97 Å². The fourth-order valence-electron chi connectivity index (χ4n) is 1.61. The molecule has 0 unspecified atom stereocenters. The normalized spacial score (nSPS) is 11.9. The van der Waals surface area contributed by atoms with Gasteiger partial charge in [0.2, 0.25) is 0 Å². The van der Waals surface area contributed by atoms with Gasteiger partial charge in [-0.05, 0) is 37.1 Å². The fourth-order valence-corrected chi connectivity index (χ4v) is 1.61. The van der Waals surface area contributed by atoms with Crippen molar-refractivity contribution < 1.29 is 14.3 Å². The molecule has 0 aliphatic carbocycles. The first-order valence-electron chi connectivity index (χ1n) is 6.42. The Bertz CT molecular complexity index is 379. The smallest absolute Gasteiger partial charge is 0.323 e. The fraction of sp³-hybridized carbons (Fsp3) is 0.500. The lowest BCUT2D eigenvalue weighted by Gasteiger charge is -2.11. The molecule has 0 saturated carbocycles. The molecule has 0 aromatic heterocycles. The number of ether oxygens (including phenoxy) is 2. The van der Waals surface area contributed by atoms with Crippen LogP contribution in [0, 0.1) is 0 Å². The van der Waals surface area contributed by atoms with Crippen molar-refractivity contribution in [3.8, 4) is 5.75 Å². The van der Waals surface area contributed by atoms with E-state index in [1.54, 1.807) is 7.11 Å². The first-order valence-corrected chi connectivity index (χ1v) is 6.42. The Morgan fingerprint density at radius 1 is 1.26 bits per heavy atom. The Labute approximate surface area is 113 Å². The van der Waals surface area contributed by atoms with Gasteiger partial charge in [-0.25, -0.2) is 0 Å². The lowest BCUT2D eigenvalue weighted by atomic mass is 10.1. The average Bonchev–Trinajstić information content (AvgIpc) is 2.45. The zero-order chi connectivity index (χ0) is 14.1. The van der Waals surface area contributed by atoms with Crippen molar-refractivity contribution in [1.29, 1.82) is 0 Å². The van der Waals surface area contributed by atoms with Crippen LogP contribution in [-0.4, -0.2) is 25.7 Å². The molecule has 0 fully saturated rings.